The lowest BCUT2D eigenvalue weighted by Gasteiger charge is -2.04. The average molecular weight is 480 g/mol. The van der Waals surface area contributed by atoms with Crippen LogP contribution in [0.25, 0.3) is 31.9 Å². The topological polar surface area (TPSA) is 47.8 Å². The van der Waals surface area contributed by atoms with Gasteiger partial charge in [0.2, 0.25) is 0 Å². The molecule has 0 radical (unpaired) electrons. The van der Waals surface area contributed by atoms with Crippen molar-refractivity contribution in [2.45, 2.75) is 6.54 Å². The van der Waals surface area contributed by atoms with Crippen molar-refractivity contribution in [3.63, 3.8) is 0 Å². The molecule has 29 heavy (non-hydrogen) atoms. The summed E-state index contributed by atoms with van der Waals surface area (Å²) in [4.78, 5) is 23.2. The van der Waals surface area contributed by atoms with Gasteiger partial charge in [-0.25, -0.2) is 9.97 Å². The Morgan fingerprint density at radius 2 is 1.79 bits per heavy atom. The van der Waals surface area contributed by atoms with E-state index in [0.717, 1.165) is 36.7 Å². The zero-order valence-electron chi connectivity index (χ0n) is 15.1. The molecule has 0 saturated heterocycles. The third-order valence-electron chi connectivity index (χ3n) is 4.60. The highest BCUT2D eigenvalue weighted by Gasteiger charge is 2.14. The monoisotopic (exact) mass is 479 g/mol. The Hall–Kier alpha value is -2.61. The van der Waals surface area contributed by atoms with Crippen LogP contribution in [0, 0.1) is 0 Å². The van der Waals surface area contributed by atoms with E-state index in [0.29, 0.717) is 11.9 Å². The molecule has 3 heterocycles. The number of thiazole rings is 1. The van der Waals surface area contributed by atoms with Crippen LogP contribution in [0.5, 0.6) is 0 Å². The van der Waals surface area contributed by atoms with Crippen LogP contribution in [0.3, 0.4) is 0 Å². The molecule has 0 spiro atoms. The van der Waals surface area contributed by atoms with Crippen molar-refractivity contribution in [1.29, 1.82) is 0 Å². The summed E-state index contributed by atoms with van der Waals surface area (Å²) in [7, 11) is 0. The molecular formula is C22H14BrN3OS2. The van der Waals surface area contributed by atoms with Gasteiger partial charge in [0.1, 0.15) is 9.84 Å². The summed E-state index contributed by atoms with van der Waals surface area (Å²) in [5, 5.41) is 5.61. The van der Waals surface area contributed by atoms with Gasteiger partial charge < -0.3 is 0 Å². The Balaban J connectivity index is 1.52. The van der Waals surface area contributed by atoms with Gasteiger partial charge in [-0.15, -0.1) is 22.7 Å². The van der Waals surface area contributed by atoms with Crippen molar-refractivity contribution < 1.29 is 0 Å². The lowest BCUT2D eigenvalue weighted by molar-refractivity contribution is 0.735. The summed E-state index contributed by atoms with van der Waals surface area (Å²) in [5.41, 5.74) is 3.84. The van der Waals surface area contributed by atoms with E-state index in [1.807, 2.05) is 65.4 Å². The molecule has 0 N–H and O–H groups in total. The molecule has 0 fully saturated rings. The third kappa shape index (κ3) is 3.57. The van der Waals surface area contributed by atoms with E-state index >= 15 is 0 Å². The van der Waals surface area contributed by atoms with Gasteiger partial charge in [-0.2, -0.15) is 0 Å². The number of nitrogens with zero attached hydrogens (tertiary/aromatic N) is 3. The number of thiophene rings is 1. The van der Waals surface area contributed by atoms with Crippen LogP contribution in [0.4, 0.5) is 0 Å². The van der Waals surface area contributed by atoms with Gasteiger partial charge >= 0.3 is 0 Å². The quantitative estimate of drug-likeness (QED) is 0.314. The van der Waals surface area contributed by atoms with Crippen LogP contribution in [-0.2, 0) is 6.54 Å². The summed E-state index contributed by atoms with van der Waals surface area (Å²) in [6, 6.07) is 18.0. The van der Waals surface area contributed by atoms with Gasteiger partial charge in [0.25, 0.3) is 5.56 Å². The molecule has 0 unspecified atom stereocenters. The Labute approximate surface area is 183 Å². The van der Waals surface area contributed by atoms with Gasteiger partial charge in [0.05, 0.1) is 24.0 Å². The molecule has 0 atom stereocenters. The van der Waals surface area contributed by atoms with Gasteiger partial charge in [-0.05, 0) is 17.7 Å². The minimum Gasteiger partial charge on any atom is -0.293 e. The van der Waals surface area contributed by atoms with E-state index in [1.165, 1.54) is 11.3 Å². The Morgan fingerprint density at radius 3 is 2.62 bits per heavy atom. The predicted octanol–water partition coefficient (Wildman–Crippen LogP) is 6.06. The second kappa shape index (κ2) is 7.67. The maximum absolute atomic E-state index is 13.2. The molecule has 0 bridgehead atoms. The highest BCUT2D eigenvalue weighted by Crippen LogP contribution is 2.30. The van der Waals surface area contributed by atoms with Crippen LogP contribution >= 0.6 is 38.6 Å². The van der Waals surface area contributed by atoms with Gasteiger partial charge in [-0.3, -0.25) is 9.36 Å². The number of hydrogen-bond acceptors (Lipinski definition) is 5. The number of rotatable bonds is 4. The van der Waals surface area contributed by atoms with Crippen molar-refractivity contribution in [3.8, 4) is 21.7 Å². The van der Waals surface area contributed by atoms with E-state index in [2.05, 4.69) is 20.9 Å². The molecule has 5 aromatic rings. The first-order valence-electron chi connectivity index (χ1n) is 8.91. The number of hydrogen-bond donors (Lipinski definition) is 0. The van der Waals surface area contributed by atoms with E-state index in [4.69, 9.17) is 4.98 Å². The van der Waals surface area contributed by atoms with Gasteiger partial charge in [-0.1, -0.05) is 58.4 Å². The van der Waals surface area contributed by atoms with E-state index < -0.39 is 0 Å². The zero-order chi connectivity index (χ0) is 19.8. The molecule has 142 valence electrons. The average Bonchev–Trinajstić information content (AvgIpc) is 3.38. The fourth-order valence-corrected chi connectivity index (χ4v) is 5.33. The standard InChI is InChI=1S/C22H14BrN3OS2/c23-16-8-4-7-15(9-16)20-25-17(11-28-20)10-26-13-24-21-19(22(26)27)18(12-29-21)14-5-2-1-3-6-14/h1-9,11-13H,10H2. The van der Waals surface area contributed by atoms with Crippen LogP contribution in [0.15, 0.2) is 81.0 Å². The molecule has 0 saturated carbocycles. The first-order chi connectivity index (χ1) is 14.2. The fraction of sp³-hybridized carbons (Fsp3) is 0.0455. The van der Waals surface area contributed by atoms with Crippen molar-refractivity contribution >= 4 is 48.8 Å². The van der Waals surface area contributed by atoms with Crippen LogP contribution in [0.1, 0.15) is 5.69 Å². The number of benzene rings is 2. The van der Waals surface area contributed by atoms with Crippen LogP contribution < -0.4 is 5.56 Å². The van der Waals surface area contributed by atoms with Crippen LogP contribution in [0.2, 0.25) is 0 Å². The Bertz CT molecular complexity index is 1370. The van der Waals surface area contributed by atoms with Gasteiger partial charge in [0, 0.05) is 26.4 Å². The molecule has 4 nitrogen and oxygen atoms in total. The van der Waals surface area contributed by atoms with Crippen molar-refractivity contribution in [1.82, 2.24) is 14.5 Å². The first kappa shape index (κ1) is 18.4. The molecule has 0 aliphatic carbocycles. The fourth-order valence-electron chi connectivity index (χ4n) is 3.22. The highest BCUT2D eigenvalue weighted by molar-refractivity contribution is 9.10. The minimum absolute atomic E-state index is 0.0351. The summed E-state index contributed by atoms with van der Waals surface area (Å²) in [6.45, 7) is 0.399. The molecule has 2 aromatic carbocycles. The second-order valence-electron chi connectivity index (χ2n) is 6.53. The molecular weight excluding hydrogens is 466 g/mol. The number of fused-ring (bicyclic) bond motifs is 1. The van der Waals surface area contributed by atoms with Crippen molar-refractivity contribution in [3.05, 3.63) is 92.2 Å². The lowest BCUT2D eigenvalue weighted by Crippen LogP contribution is -2.21. The minimum atomic E-state index is -0.0351. The Morgan fingerprint density at radius 1 is 0.966 bits per heavy atom. The summed E-state index contributed by atoms with van der Waals surface area (Å²) in [5.74, 6) is 0. The molecule has 3 aromatic heterocycles. The molecule has 7 heteroatoms. The highest BCUT2D eigenvalue weighted by atomic mass is 79.9. The Kier molecular flexibility index (Phi) is 4.87. The number of halogens is 1. The molecule has 0 aliphatic rings. The van der Waals surface area contributed by atoms with Crippen LogP contribution in [-0.4, -0.2) is 14.5 Å². The smallest absolute Gasteiger partial charge is 0.263 e. The molecule has 0 amide bonds. The normalized spacial score (nSPS) is 11.2. The van der Waals surface area contributed by atoms with Gasteiger partial charge in [0.15, 0.2) is 0 Å². The zero-order valence-corrected chi connectivity index (χ0v) is 18.3. The first-order valence-corrected chi connectivity index (χ1v) is 11.5. The summed E-state index contributed by atoms with van der Waals surface area (Å²) in [6.07, 6.45) is 1.62. The lowest BCUT2D eigenvalue weighted by atomic mass is 10.1. The van der Waals surface area contributed by atoms with E-state index in [1.54, 1.807) is 22.2 Å². The van der Waals surface area contributed by atoms with E-state index in [9.17, 15) is 4.79 Å². The maximum atomic E-state index is 13.2. The predicted molar refractivity (Wildman–Crippen MR) is 124 cm³/mol. The van der Waals surface area contributed by atoms with Crippen molar-refractivity contribution in [2.75, 3.05) is 0 Å². The summed E-state index contributed by atoms with van der Waals surface area (Å²) < 4.78 is 2.66. The van der Waals surface area contributed by atoms with E-state index in [-0.39, 0.29) is 5.56 Å². The largest absolute Gasteiger partial charge is 0.293 e. The third-order valence-corrected chi connectivity index (χ3v) is 6.92. The summed E-state index contributed by atoms with van der Waals surface area (Å²) >= 11 is 6.57. The maximum Gasteiger partial charge on any atom is 0.263 e. The second-order valence-corrected chi connectivity index (χ2v) is 9.16. The molecule has 5 rings (SSSR count). The SMILES string of the molecule is O=c1c2c(-c3ccccc3)csc2ncn1Cc1csc(-c2cccc(Br)c2)n1. The molecule has 0 aliphatic heterocycles. The number of aromatic nitrogens is 3. The van der Waals surface area contributed by atoms with Crippen molar-refractivity contribution in [2.24, 2.45) is 0 Å².